The lowest BCUT2D eigenvalue weighted by molar-refractivity contribution is 0.131. The lowest BCUT2D eigenvalue weighted by Gasteiger charge is -2.34. The molecule has 0 aromatic rings. The Balaban J connectivity index is 1.85. The second-order valence-electron chi connectivity index (χ2n) is 8.21. The topological polar surface area (TPSA) is 60.9 Å². The predicted octanol–water partition coefficient (Wildman–Crippen LogP) is 4.58. The lowest BCUT2D eigenvalue weighted by Crippen LogP contribution is -2.46. The van der Waals surface area contributed by atoms with E-state index in [-0.39, 0.29) is 5.75 Å². The summed E-state index contributed by atoms with van der Waals surface area (Å²) in [5.74, 6) is -0.119. The molecule has 162 valence electrons. The van der Waals surface area contributed by atoms with Crippen molar-refractivity contribution in [2.45, 2.75) is 90.4 Å². The smallest absolute Gasteiger partial charge is 0.264 e. The minimum atomic E-state index is -3.80. The molecule has 1 fully saturated rings. The first-order valence-corrected chi connectivity index (χ1v) is 13.0. The van der Waals surface area contributed by atoms with Gasteiger partial charge in [-0.2, -0.15) is 8.42 Å². The Labute approximate surface area is 168 Å². The first-order valence-electron chi connectivity index (χ1n) is 11.4. The van der Waals surface area contributed by atoms with Crippen molar-refractivity contribution in [1.29, 1.82) is 0 Å². The summed E-state index contributed by atoms with van der Waals surface area (Å²) in [6.45, 7) is 8.46. The maximum absolute atomic E-state index is 10.7. The van der Waals surface area contributed by atoms with Gasteiger partial charge >= 0.3 is 0 Å². The highest BCUT2D eigenvalue weighted by Gasteiger charge is 2.16. The number of nitrogens with zero attached hydrogens (tertiary/aromatic N) is 2. The molecule has 6 heteroatoms. The van der Waals surface area contributed by atoms with Crippen LogP contribution in [0, 0.1) is 0 Å². The van der Waals surface area contributed by atoms with Gasteiger partial charge in [-0.3, -0.25) is 4.55 Å². The molecule has 1 saturated heterocycles. The summed E-state index contributed by atoms with van der Waals surface area (Å²) in [5.41, 5.74) is 0. The zero-order valence-electron chi connectivity index (χ0n) is 17.7. The molecule has 0 aliphatic carbocycles. The highest BCUT2D eigenvalue weighted by Crippen LogP contribution is 2.12. The van der Waals surface area contributed by atoms with Crippen molar-refractivity contribution in [2.75, 3.05) is 45.0 Å². The average Bonchev–Trinajstić information content (AvgIpc) is 2.63. The Bertz CT molecular complexity index is 435. The molecular formula is C21H44N2O3S. The quantitative estimate of drug-likeness (QED) is 0.284. The highest BCUT2D eigenvalue weighted by atomic mass is 32.2. The fraction of sp³-hybridized carbons (Fsp3) is 1.00. The van der Waals surface area contributed by atoms with Crippen LogP contribution in [0.2, 0.25) is 0 Å². The van der Waals surface area contributed by atoms with Gasteiger partial charge in [-0.05, 0) is 25.9 Å². The molecule has 0 atom stereocenters. The van der Waals surface area contributed by atoms with E-state index in [0.717, 1.165) is 32.7 Å². The van der Waals surface area contributed by atoms with E-state index in [4.69, 9.17) is 4.55 Å². The standard InChI is InChI=1S/C21H44N2O3S/c1-2-3-4-5-6-7-8-9-10-11-12-13-15-22-17-19-23(20-18-22)16-14-21-27(24,25)26/h2-21H2,1H3,(H,24,25,26). The molecule has 0 aromatic carbocycles. The predicted molar refractivity (Wildman–Crippen MR) is 115 cm³/mol. The Morgan fingerprint density at radius 3 is 1.41 bits per heavy atom. The fourth-order valence-corrected chi connectivity index (χ4v) is 4.38. The van der Waals surface area contributed by atoms with Crippen molar-refractivity contribution in [1.82, 2.24) is 9.80 Å². The Morgan fingerprint density at radius 2 is 1.00 bits per heavy atom. The third-order valence-corrected chi connectivity index (χ3v) is 6.47. The zero-order valence-corrected chi connectivity index (χ0v) is 18.5. The zero-order chi connectivity index (χ0) is 19.8. The van der Waals surface area contributed by atoms with Gasteiger partial charge in [0.1, 0.15) is 0 Å². The van der Waals surface area contributed by atoms with Crippen LogP contribution in [0.3, 0.4) is 0 Å². The summed E-state index contributed by atoms with van der Waals surface area (Å²) in [5, 5.41) is 0. The number of hydrogen-bond acceptors (Lipinski definition) is 4. The van der Waals surface area contributed by atoms with Gasteiger partial charge in [-0.25, -0.2) is 0 Å². The third-order valence-electron chi connectivity index (χ3n) is 5.67. The maximum atomic E-state index is 10.7. The van der Waals surface area contributed by atoms with Gasteiger partial charge in [0.25, 0.3) is 10.1 Å². The fourth-order valence-electron chi connectivity index (χ4n) is 3.88. The largest absolute Gasteiger partial charge is 0.301 e. The van der Waals surface area contributed by atoms with Crippen molar-refractivity contribution in [3.63, 3.8) is 0 Å². The van der Waals surface area contributed by atoms with Crippen LogP contribution in [0.4, 0.5) is 0 Å². The summed E-state index contributed by atoms with van der Waals surface area (Å²) in [6.07, 6.45) is 17.3. The Hall–Kier alpha value is -0.170. The van der Waals surface area contributed by atoms with Gasteiger partial charge in [0, 0.05) is 26.2 Å². The van der Waals surface area contributed by atoms with E-state index >= 15 is 0 Å². The van der Waals surface area contributed by atoms with Crippen LogP contribution < -0.4 is 0 Å². The molecular weight excluding hydrogens is 360 g/mol. The molecule has 0 aromatic heterocycles. The second kappa shape index (κ2) is 15.7. The van der Waals surface area contributed by atoms with Gasteiger partial charge in [0.2, 0.25) is 0 Å². The van der Waals surface area contributed by atoms with E-state index in [1.807, 2.05) is 0 Å². The number of piperazine rings is 1. The van der Waals surface area contributed by atoms with E-state index in [9.17, 15) is 8.42 Å². The van der Waals surface area contributed by atoms with Gasteiger partial charge in [0.15, 0.2) is 0 Å². The van der Waals surface area contributed by atoms with Crippen LogP contribution >= 0.6 is 0 Å². The second-order valence-corrected chi connectivity index (χ2v) is 9.78. The van der Waals surface area contributed by atoms with E-state index < -0.39 is 10.1 Å². The Kier molecular flexibility index (Phi) is 14.5. The molecule has 1 N–H and O–H groups in total. The van der Waals surface area contributed by atoms with Gasteiger partial charge in [-0.15, -0.1) is 0 Å². The molecule has 0 saturated carbocycles. The summed E-state index contributed by atoms with van der Waals surface area (Å²) in [6, 6.07) is 0. The number of hydrogen-bond donors (Lipinski definition) is 1. The molecule has 1 aliphatic rings. The van der Waals surface area contributed by atoms with E-state index in [1.54, 1.807) is 0 Å². The van der Waals surface area contributed by atoms with Crippen molar-refractivity contribution in [2.24, 2.45) is 0 Å². The van der Waals surface area contributed by atoms with Crippen molar-refractivity contribution < 1.29 is 13.0 Å². The van der Waals surface area contributed by atoms with Crippen LogP contribution in [0.25, 0.3) is 0 Å². The minimum Gasteiger partial charge on any atom is -0.301 e. The lowest BCUT2D eigenvalue weighted by atomic mass is 10.1. The van der Waals surface area contributed by atoms with Crippen LogP contribution in [0.5, 0.6) is 0 Å². The average molecular weight is 405 g/mol. The highest BCUT2D eigenvalue weighted by molar-refractivity contribution is 7.85. The van der Waals surface area contributed by atoms with Gasteiger partial charge in [-0.1, -0.05) is 77.6 Å². The third kappa shape index (κ3) is 15.4. The van der Waals surface area contributed by atoms with Crippen molar-refractivity contribution in [3.05, 3.63) is 0 Å². The normalized spacial score (nSPS) is 16.8. The molecule has 0 unspecified atom stereocenters. The monoisotopic (exact) mass is 404 g/mol. The minimum absolute atomic E-state index is 0.119. The van der Waals surface area contributed by atoms with Crippen LogP contribution in [-0.2, 0) is 10.1 Å². The maximum Gasteiger partial charge on any atom is 0.264 e. The van der Waals surface area contributed by atoms with Crippen molar-refractivity contribution in [3.8, 4) is 0 Å². The summed E-state index contributed by atoms with van der Waals surface area (Å²) in [4.78, 5) is 4.85. The molecule has 5 nitrogen and oxygen atoms in total. The Morgan fingerprint density at radius 1 is 0.630 bits per heavy atom. The van der Waals surface area contributed by atoms with Crippen LogP contribution in [0.15, 0.2) is 0 Å². The summed E-state index contributed by atoms with van der Waals surface area (Å²) >= 11 is 0. The molecule has 1 heterocycles. The molecule has 0 radical (unpaired) electrons. The van der Waals surface area contributed by atoms with Crippen LogP contribution in [0.1, 0.15) is 90.4 Å². The van der Waals surface area contributed by atoms with E-state index in [0.29, 0.717) is 6.42 Å². The molecule has 0 bridgehead atoms. The molecule has 27 heavy (non-hydrogen) atoms. The van der Waals surface area contributed by atoms with Gasteiger partial charge in [0.05, 0.1) is 5.75 Å². The summed E-state index contributed by atoms with van der Waals surface area (Å²) < 4.78 is 30.3. The first-order chi connectivity index (χ1) is 13.0. The molecule has 1 aliphatic heterocycles. The molecule has 0 amide bonds. The molecule has 0 spiro atoms. The summed E-state index contributed by atoms with van der Waals surface area (Å²) in [7, 11) is -3.80. The van der Waals surface area contributed by atoms with E-state index in [1.165, 1.54) is 83.6 Å². The SMILES string of the molecule is CCCCCCCCCCCCCCN1CCN(CCCS(=O)(=O)O)CC1. The van der Waals surface area contributed by atoms with Crippen molar-refractivity contribution >= 4 is 10.1 Å². The number of unbranched alkanes of at least 4 members (excludes halogenated alkanes) is 11. The number of rotatable bonds is 17. The molecule has 1 rings (SSSR count). The van der Waals surface area contributed by atoms with Gasteiger partial charge < -0.3 is 9.80 Å². The van der Waals surface area contributed by atoms with E-state index in [2.05, 4.69) is 16.7 Å². The van der Waals surface area contributed by atoms with Crippen LogP contribution in [-0.4, -0.2) is 67.8 Å². The first kappa shape index (κ1) is 24.9.